The molecule has 0 radical (unpaired) electrons. The first-order valence-electron chi connectivity index (χ1n) is 12.0. The fourth-order valence-electron chi connectivity index (χ4n) is 4.30. The highest BCUT2D eigenvalue weighted by Gasteiger charge is 2.19. The Morgan fingerprint density at radius 1 is 0.971 bits per heavy atom. The molecule has 0 unspecified atom stereocenters. The van der Waals surface area contributed by atoms with Gasteiger partial charge in [0.05, 0.1) is 6.61 Å². The van der Waals surface area contributed by atoms with Gasteiger partial charge >= 0.3 is 0 Å². The molecule has 4 rings (SSSR count). The summed E-state index contributed by atoms with van der Waals surface area (Å²) >= 11 is 0. The number of rotatable bonds is 9. The third-order valence-corrected chi connectivity index (χ3v) is 6.08. The molecule has 1 saturated heterocycles. The van der Waals surface area contributed by atoms with Crippen molar-refractivity contribution in [2.24, 2.45) is 0 Å². The van der Waals surface area contributed by atoms with Gasteiger partial charge in [-0.3, -0.25) is 9.78 Å². The Morgan fingerprint density at radius 3 is 2.50 bits per heavy atom. The van der Waals surface area contributed by atoms with Crippen molar-refractivity contribution in [1.29, 1.82) is 0 Å². The van der Waals surface area contributed by atoms with Crippen LogP contribution in [-0.4, -0.2) is 42.5 Å². The predicted octanol–water partition coefficient (Wildman–Crippen LogP) is 5.32. The number of carbonyl (C=O) groups excluding carboxylic acids is 1. The Balaban J connectivity index is 1.47. The minimum Gasteiger partial charge on any atom is -0.490 e. The van der Waals surface area contributed by atoms with Crippen LogP contribution >= 0.6 is 0 Å². The van der Waals surface area contributed by atoms with Crippen molar-refractivity contribution in [2.75, 3.05) is 31.6 Å². The molecule has 0 spiro atoms. The molecular weight excluding hydrogens is 426 g/mol. The molecule has 1 fully saturated rings. The van der Waals surface area contributed by atoms with Crippen LogP contribution < -0.4 is 14.4 Å². The first-order valence-corrected chi connectivity index (χ1v) is 12.0. The largest absolute Gasteiger partial charge is 0.490 e. The number of amides is 1. The Morgan fingerprint density at radius 2 is 1.74 bits per heavy atom. The quantitative estimate of drug-likeness (QED) is 0.433. The third kappa shape index (κ3) is 5.87. The van der Waals surface area contributed by atoms with E-state index in [1.807, 2.05) is 38.2 Å². The van der Waals surface area contributed by atoms with E-state index < -0.39 is 0 Å². The number of anilines is 1. The van der Waals surface area contributed by atoms with Crippen molar-refractivity contribution in [3.8, 4) is 11.5 Å². The maximum atomic E-state index is 13.3. The molecule has 2 heterocycles. The molecule has 1 aliphatic rings. The zero-order valence-electron chi connectivity index (χ0n) is 20.1. The fourth-order valence-corrected chi connectivity index (χ4v) is 4.30. The van der Waals surface area contributed by atoms with E-state index in [1.165, 1.54) is 30.5 Å². The van der Waals surface area contributed by atoms with Crippen LogP contribution in [0.3, 0.4) is 0 Å². The lowest BCUT2D eigenvalue weighted by atomic mass is 10.1. The molecule has 3 aromatic rings. The van der Waals surface area contributed by atoms with Gasteiger partial charge in [0.25, 0.3) is 5.91 Å². The molecule has 0 atom stereocenters. The summed E-state index contributed by atoms with van der Waals surface area (Å²) in [6.45, 7) is 5.52. The Kier molecular flexibility index (Phi) is 8.02. The first kappa shape index (κ1) is 23.6. The number of piperidine rings is 1. The summed E-state index contributed by atoms with van der Waals surface area (Å²) in [4.78, 5) is 21.5. The second-order valence-electron chi connectivity index (χ2n) is 8.58. The number of nitrogens with zero attached hydrogens (tertiary/aromatic N) is 3. The lowest BCUT2D eigenvalue weighted by molar-refractivity contribution is 0.0784. The van der Waals surface area contributed by atoms with Crippen molar-refractivity contribution in [3.63, 3.8) is 0 Å². The summed E-state index contributed by atoms with van der Waals surface area (Å²) < 4.78 is 11.8. The molecule has 1 aliphatic heterocycles. The van der Waals surface area contributed by atoms with Gasteiger partial charge in [0.15, 0.2) is 11.5 Å². The second kappa shape index (κ2) is 11.5. The molecule has 6 heteroatoms. The van der Waals surface area contributed by atoms with Crippen LogP contribution in [0.15, 0.2) is 67.0 Å². The molecule has 34 heavy (non-hydrogen) atoms. The molecule has 0 aliphatic carbocycles. The monoisotopic (exact) mass is 459 g/mol. The SMILES string of the molecule is CCOc1cc(C(=O)N(C)Cc2ccccc2N2CCCCC2)ccc1OCc1ccncc1. The molecule has 2 aromatic carbocycles. The van der Waals surface area contributed by atoms with Crippen molar-refractivity contribution in [2.45, 2.75) is 39.3 Å². The summed E-state index contributed by atoms with van der Waals surface area (Å²) in [5.41, 5.74) is 4.00. The average molecular weight is 460 g/mol. The minimum atomic E-state index is -0.0462. The molecule has 1 amide bonds. The Hall–Kier alpha value is -3.54. The molecule has 6 nitrogen and oxygen atoms in total. The maximum absolute atomic E-state index is 13.3. The van der Waals surface area contributed by atoms with E-state index in [1.54, 1.807) is 29.4 Å². The number of hydrogen-bond acceptors (Lipinski definition) is 5. The number of benzene rings is 2. The van der Waals surface area contributed by atoms with Crippen molar-refractivity contribution >= 4 is 11.6 Å². The minimum absolute atomic E-state index is 0.0462. The van der Waals surface area contributed by atoms with Crippen LogP contribution in [0.2, 0.25) is 0 Å². The van der Waals surface area contributed by atoms with Crippen LogP contribution in [0.5, 0.6) is 11.5 Å². The second-order valence-corrected chi connectivity index (χ2v) is 8.58. The van der Waals surface area contributed by atoms with Gasteiger partial charge in [0.2, 0.25) is 0 Å². The van der Waals surface area contributed by atoms with Crippen LogP contribution in [0.4, 0.5) is 5.69 Å². The van der Waals surface area contributed by atoms with Crippen LogP contribution in [-0.2, 0) is 13.2 Å². The van der Waals surface area contributed by atoms with E-state index in [0.29, 0.717) is 36.8 Å². The number of hydrogen-bond donors (Lipinski definition) is 0. The van der Waals surface area contributed by atoms with Gasteiger partial charge in [0.1, 0.15) is 6.61 Å². The molecule has 178 valence electrons. The topological polar surface area (TPSA) is 54.9 Å². The Bertz CT molecular complexity index is 1080. The van der Waals surface area contributed by atoms with Gasteiger partial charge in [-0.15, -0.1) is 0 Å². The van der Waals surface area contributed by atoms with Crippen LogP contribution in [0.25, 0.3) is 0 Å². The Labute approximate surface area is 202 Å². The van der Waals surface area contributed by atoms with Gasteiger partial charge in [-0.1, -0.05) is 18.2 Å². The summed E-state index contributed by atoms with van der Waals surface area (Å²) in [6, 6.07) is 17.6. The summed E-state index contributed by atoms with van der Waals surface area (Å²) in [5, 5.41) is 0. The van der Waals surface area contributed by atoms with Gasteiger partial charge < -0.3 is 19.3 Å². The molecule has 0 bridgehead atoms. The number of aromatic nitrogens is 1. The molecule has 0 N–H and O–H groups in total. The molecule has 0 saturated carbocycles. The van der Waals surface area contributed by atoms with Gasteiger partial charge in [-0.2, -0.15) is 0 Å². The van der Waals surface area contributed by atoms with E-state index in [0.717, 1.165) is 18.7 Å². The van der Waals surface area contributed by atoms with Crippen LogP contribution in [0.1, 0.15) is 47.7 Å². The lowest BCUT2D eigenvalue weighted by Gasteiger charge is -2.31. The lowest BCUT2D eigenvalue weighted by Crippen LogP contribution is -2.32. The van der Waals surface area contributed by atoms with Crippen molar-refractivity contribution in [1.82, 2.24) is 9.88 Å². The molecular formula is C28H33N3O3. The summed E-state index contributed by atoms with van der Waals surface area (Å²) in [5.74, 6) is 1.15. The number of pyridine rings is 1. The smallest absolute Gasteiger partial charge is 0.254 e. The van der Waals surface area contributed by atoms with Gasteiger partial charge in [0, 0.05) is 50.3 Å². The highest BCUT2D eigenvalue weighted by molar-refractivity contribution is 5.94. The first-order chi connectivity index (χ1) is 16.7. The third-order valence-electron chi connectivity index (χ3n) is 6.08. The average Bonchev–Trinajstić information content (AvgIpc) is 2.89. The highest BCUT2D eigenvalue weighted by Crippen LogP contribution is 2.30. The zero-order valence-corrected chi connectivity index (χ0v) is 20.1. The summed E-state index contributed by atoms with van der Waals surface area (Å²) in [7, 11) is 1.85. The van der Waals surface area contributed by atoms with Crippen molar-refractivity contribution < 1.29 is 14.3 Å². The van der Waals surface area contributed by atoms with Crippen molar-refractivity contribution in [3.05, 3.63) is 83.7 Å². The van der Waals surface area contributed by atoms with Gasteiger partial charge in [-0.25, -0.2) is 0 Å². The predicted molar refractivity (Wildman–Crippen MR) is 134 cm³/mol. The zero-order chi connectivity index (χ0) is 23.8. The molecule has 1 aromatic heterocycles. The highest BCUT2D eigenvalue weighted by atomic mass is 16.5. The van der Waals surface area contributed by atoms with E-state index in [-0.39, 0.29) is 5.91 Å². The number of ether oxygens (including phenoxy) is 2. The van der Waals surface area contributed by atoms with Gasteiger partial charge in [-0.05, 0) is 73.7 Å². The fraction of sp³-hybridized carbons (Fsp3) is 0.357. The number of carbonyl (C=O) groups is 1. The van der Waals surface area contributed by atoms with E-state index in [2.05, 4.69) is 28.1 Å². The van der Waals surface area contributed by atoms with E-state index >= 15 is 0 Å². The van der Waals surface area contributed by atoms with E-state index in [4.69, 9.17) is 9.47 Å². The van der Waals surface area contributed by atoms with Crippen LogP contribution in [0, 0.1) is 0 Å². The number of para-hydroxylation sites is 1. The summed E-state index contributed by atoms with van der Waals surface area (Å²) in [6.07, 6.45) is 7.21. The standard InChI is InChI=1S/C28H33N3O3/c1-3-33-27-19-23(11-12-26(27)34-21-22-13-15-29-16-14-22)28(32)30(2)20-24-9-5-6-10-25(24)31-17-7-4-8-18-31/h5-6,9-16,19H,3-4,7-8,17-18,20-21H2,1-2H3. The van der Waals surface area contributed by atoms with E-state index in [9.17, 15) is 4.79 Å². The normalized spacial score (nSPS) is 13.4. The maximum Gasteiger partial charge on any atom is 0.254 e.